The van der Waals surface area contributed by atoms with Gasteiger partial charge >= 0.3 is 0 Å². The molecule has 2 aliphatic heterocycles. The summed E-state index contributed by atoms with van der Waals surface area (Å²) in [4.78, 5) is 29.7. The van der Waals surface area contributed by atoms with Crippen LogP contribution < -0.4 is 0 Å². The lowest BCUT2D eigenvalue weighted by molar-refractivity contribution is -0.149. The largest absolute Gasteiger partial charge is 0.423 e. The summed E-state index contributed by atoms with van der Waals surface area (Å²) in [6, 6.07) is 0. The average molecular weight is 337 g/mol. The van der Waals surface area contributed by atoms with Gasteiger partial charge < -0.3 is 19.0 Å². The van der Waals surface area contributed by atoms with Crippen LogP contribution in [-0.4, -0.2) is 89.1 Å². The van der Waals surface area contributed by atoms with Gasteiger partial charge in [0.2, 0.25) is 23.6 Å². The minimum absolute atomic E-state index is 0.0104. The summed E-state index contributed by atoms with van der Waals surface area (Å²) in [7, 11) is 1.78. The van der Waals surface area contributed by atoms with Crippen molar-refractivity contribution in [3.8, 4) is 0 Å². The Morgan fingerprint density at radius 3 is 2.75 bits per heavy atom. The van der Waals surface area contributed by atoms with Gasteiger partial charge in [-0.25, -0.2) is 0 Å². The molecule has 0 aliphatic carbocycles. The second kappa shape index (κ2) is 6.86. The molecule has 0 aromatic carbocycles. The van der Waals surface area contributed by atoms with E-state index in [1.807, 2.05) is 11.8 Å². The number of piperazine rings is 1. The SMILES string of the molecule is Cc1nnc([C@H]2CN(C(=O)CN3CCN(C)C(=O)C3)C[C@@H](C)O2)o1. The monoisotopic (exact) mass is 337 g/mol. The third kappa shape index (κ3) is 3.73. The first-order valence-corrected chi connectivity index (χ1v) is 8.12. The van der Waals surface area contributed by atoms with E-state index in [2.05, 4.69) is 10.2 Å². The number of carbonyl (C=O) groups excluding carboxylic acids is 2. The van der Waals surface area contributed by atoms with Crippen LogP contribution in [0.2, 0.25) is 0 Å². The number of nitrogens with zero attached hydrogens (tertiary/aromatic N) is 5. The molecule has 3 rings (SSSR count). The summed E-state index contributed by atoms with van der Waals surface area (Å²) < 4.78 is 11.3. The molecule has 0 unspecified atom stereocenters. The van der Waals surface area contributed by atoms with Crippen molar-refractivity contribution in [1.29, 1.82) is 0 Å². The second-order valence-corrected chi connectivity index (χ2v) is 6.42. The molecule has 2 saturated heterocycles. The van der Waals surface area contributed by atoms with E-state index in [1.165, 1.54) is 0 Å². The molecule has 24 heavy (non-hydrogen) atoms. The Kier molecular flexibility index (Phi) is 4.81. The Balaban J connectivity index is 1.60. The molecular weight excluding hydrogens is 314 g/mol. The van der Waals surface area contributed by atoms with Crippen LogP contribution in [0.15, 0.2) is 4.42 Å². The van der Waals surface area contributed by atoms with Gasteiger partial charge in [-0.1, -0.05) is 0 Å². The molecule has 9 nitrogen and oxygen atoms in total. The van der Waals surface area contributed by atoms with E-state index in [0.29, 0.717) is 38.0 Å². The highest BCUT2D eigenvalue weighted by Gasteiger charge is 2.33. The first-order chi connectivity index (χ1) is 11.4. The lowest BCUT2D eigenvalue weighted by Gasteiger charge is -2.37. The molecule has 1 aromatic rings. The standard InChI is InChI=1S/C15H23N5O4/c1-10-6-20(7-12(23-10)15-17-16-11(2)24-15)14(22)9-19-5-4-18(3)13(21)8-19/h10,12H,4-9H2,1-3H3/t10-,12-/m1/s1. The lowest BCUT2D eigenvalue weighted by atomic mass is 10.2. The van der Waals surface area contributed by atoms with E-state index < -0.39 is 6.10 Å². The number of aryl methyl sites for hydroxylation is 1. The fourth-order valence-electron chi connectivity index (χ4n) is 2.97. The van der Waals surface area contributed by atoms with E-state index >= 15 is 0 Å². The number of rotatable bonds is 3. The number of hydrogen-bond acceptors (Lipinski definition) is 7. The zero-order chi connectivity index (χ0) is 17.3. The van der Waals surface area contributed by atoms with Crippen LogP contribution in [0.3, 0.4) is 0 Å². The number of morpholine rings is 1. The number of amides is 2. The van der Waals surface area contributed by atoms with E-state index in [9.17, 15) is 9.59 Å². The van der Waals surface area contributed by atoms with Gasteiger partial charge in [0.1, 0.15) is 0 Å². The van der Waals surface area contributed by atoms with Crippen molar-refractivity contribution < 1.29 is 18.7 Å². The Bertz CT molecular complexity index is 619. The van der Waals surface area contributed by atoms with E-state index in [1.54, 1.807) is 23.8 Å². The molecule has 2 fully saturated rings. The van der Waals surface area contributed by atoms with Crippen molar-refractivity contribution in [1.82, 2.24) is 24.9 Å². The van der Waals surface area contributed by atoms with Crippen LogP contribution in [-0.2, 0) is 14.3 Å². The average Bonchev–Trinajstić information content (AvgIpc) is 2.97. The van der Waals surface area contributed by atoms with Gasteiger partial charge in [-0.05, 0) is 6.92 Å². The molecule has 0 bridgehead atoms. The summed E-state index contributed by atoms with van der Waals surface area (Å²) >= 11 is 0. The maximum absolute atomic E-state index is 12.6. The van der Waals surface area contributed by atoms with Gasteiger partial charge in [0, 0.05) is 33.6 Å². The minimum Gasteiger partial charge on any atom is -0.423 e. The molecule has 3 heterocycles. The molecule has 2 atom stereocenters. The van der Waals surface area contributed by atoms with Gasteiger partial charge in [0.05, 0.1) is 25.7 Å². The number of carbonyl (C=O) groups is 2. The molecular formula is C15H23N5O4. The van der Waals surface area contributed by atoms with E-state index in [-0.39, 0.29) is 31.0 Å². The van der Waals surface area contributed by atoms with Crippen molar-refractivity contribution in [2.75, 3.05) is 46.3 Å². The first-order valence-electron chi connectivity index (χ1n) is 8.12. The fraction of sp³-hybridized carbons (Fsp3) is 0.733. The van der Waals surface area contributed by atoms with Crippen molar-refractivity contribution in [3.63, 3.8) is 0 Å². The third-order valence-corrected chi connectivity index (χ3v) is 4.33. The Labute approximate surface area is 140 Å². The molecule has 0 N–H and O–H groups in total. The molecule has 0 spiro atoms. The molecule has 132 valence electrons. The number of aromatic nitrogens is 2. The summed E-state index contributed by atoms with van der Waals surface area (Å²) in [6.45, 7) is 6.41. The Morgan fingerprint density at radius 1 is 1.29 bits per heavy atom. The van der Waals surface area contributed by atoms with Gasteiger partial charge in [-0.15, -0.1) is 10.2 Å². The number of likely N-dealkylation sites (N-methyl/N-ethyl adjacent to an activating group) is 1. The molecule has 2 aliphatic rings. The van der Waals surface area contributed by atoms with Crippen molar-refractivity contribution in [2.45, 2.75) is 26.1 Å². The Morgan fingerprint density at radius 2 is 2.08 bits per heavy atom. The first kappa shape index (κ1) is 16.8. The third-order valence-electron chi connectivity index (χ3n) is 4.33. The predicted molar refractivity (Wildman–Crippen MR) is 83.0 cm³/mol. The molecule has 0 radical (unpaired) electrons. The quantitative estimate of drug-likeness (QED) is 0.730. The maximum Gasteiger partial charge on any atom is 0.247 e. The smallest absolute Gasteiger partial charge is 0.247 e. The molecule has 9 heteroatoms. The van der Waals surface area contributed by atoms with Crippen LogP contribution in [0.1, 0.15) is 24.8 Å². The fourth-order valence-corrected chi connectivity index (χ4v) is 2.97. The molecule has 0 saturated carbocycles. The van der Waals surface area contributed by atoms with Crippen LogP contribution in [0.5, 0.6) is 0 Å². The van der Waals surface area contributed by atoms with Gasteiger partial charge in [-0.2, -0.15) is 0 Å². The Hall–Kier alpha value is -2.00. The zero-order valence-electron chi connectivity index (χ0n) is 14.3. The van der Waals surface area contributed by atoms with Gasteiger partial charge in [-0.3, -0.25) is 14.5 Å². The van der Waals surface area contributed by atoms with Crippen LogP contribution in [0.25, 0.3) is 0 Å². The predicted octanol–water partition coefficient (Wildman–Crippen LogP) is -0.560. The summed E-state index contributed by atoms with van der Waals surface area (Å²) in [5, 5.41) is 7.81. The highest BCUT2D eigenvalue weighted by atomic mass is 16.5. The van der Waals surface area contributed by atoms with Crippen molar-refractivity contribution in [2.24, 2.45) is 0 Å². The maximum atomic E-state index is 12.6. The number of ether oxygens (including phenoxy) is 1. The summed E-state index contributed by atoms with van der Waals surface area (Å²) in [5.74, 6) is 0.902. The second-order valence-electron chi connectivity index (χ2n) is 6.42. The topological polar surface area (TPSA) is 92.0 Å². The van der Waals surface area contributed by atoms with Crippen LogP contribution in [0, 0.1) is 6.92 Å². The lowest BCUT2D eigenvalue weighted by Crippen LogP contribution is -2.54. The van der Waals surface area contributed by atoms with E-state index in [0.717, 1.165) is 0 Å². The van der Waals surface area contributed by atoms with E-state index in [4.69, 9.17) is 9.15 Å². The normalized spacial score (nSPS) is 26.0. The highest BCUT2D eigenvalue weighted by Crippen LogP contribution is 2.24. The van der Waals surface area contributed by atoms with Crippen LogP contribution >= 0.6 is 0 Å². The minimum atomic E-state index is -0.409. The summed E-state index contributed by atoms with van der Waals surface area (Å²) in [5.41, 5.74) is 0. The number of hydrogen-bond donors (Lipinski definition) is 0. The molecule has 2 amide bonds. The highest BCUT2D eigenvalue weighted by molar-refractivity contribution is 5.82. The van der Waals surface area contributed by atoms with Crippen molar-refractivity contribution >= 4 is 11.8 Å². The van der Waals surface area contributed by atoms with Crippen molar-refractivity contribution in [3.05, 3.63) is 11.8 Å². The van der Waals surface area contributed by atoms with Gasteiger partial charge in [0.15, 0.2) is 6.10 Å². The summed E-state index contributed by atoms with van der Waals surface area (Å²) in [6.07, 6.45) is -0.526. The zero-order valence-corrected chi connectivity index (χ0v) is 14.3. The van der Waals surface area contributed by atoms with Crippen LogP contribution in [0.4, 0.5) is 0 Å². The molecule has 1 aromatic heterocycles. The van der Waals surface area contributed by atoms with Gasteiger partial charge in [0.25, 0.3) is 0 Å².